The van der Waals surface area contributed by atoms with Crippen LogP contribution in [0.1, 0.15) is 38.1 Å². The van der Waals surface area contributed by atoms with E-state index in [-0.39, 0.29) is 5.69 Å². The van der Waals surface area contributed by atoms with Gasteiger partial charge in [-0.1, -0.05) is 0 Å². The molecule has 0 aliphatic carbocycles. The molecule has 0 fully saturated rings. The van der Waals surface area contributed by atoms with Crippen LogP contribution < -0.4 is 24.3 Å². The van der Waals surface area contributed by atoms with Gasteiger partial charge in [0, 0.05) is 6.07 Å². The maximum absolute atomic E-state index is 13.0. The summed E-state index contributed by atoms with van der Waals surface area (Å²) in [6.45, 7) is 8.97. The molecule has 2 aromatic carbocycles. The summed E-state index contributed by atoms with van der Waals surface area (Å²) in [6, 6.07) is 8.15. The second-order valence-electron chi connectivity index (χ2n) is 5.76. The second kappa shape index (κ2) is 10.8. The zero-order chi connectivity index (χ0) is 21.2. The summed E-state index contributed by atoms with van der Waals surface area (Å²) in [5, 5.41) is 12.1. The highest BCUT2D eigenvalue weighted by atomic mass is 16.5. The third-order valence-electron chi connectivity index (χ3n) is 3.82. The van der Waals surface area contributed by atoms with E-state index in [1.807, 2.05) is 27.7 Å². The predicted molar refractivity (Wildman–Crippen MR) is 110 cm³/mol. The van der Waals surface area contributed by atoms with Crippen LogP contribution in [0.25, 0.3) is 4.98 Å². The van der Waals surface area contributed by atoms with E-state index >= 15 is 0 Å². The molecule has 0 aliphatic heterocycles. The molecule has 0 heterocycles. The Morgan fingerprint density at radius 2 is 1.48 bits per heavy atom. The van der Waals surface area contributed by atoms with Crippen molar-refractivity contribution in [1.29, 1.82) is 5.39 Å². The first-order valence-electron chi connectivity index (χ1n) is 9.57. The van der Waals surface area contributed by atoms with Gasteiger partial charge in [0.05, 0.1) is 43.7 Å². The summed E-state index contributed by atoms with van der Waals surface area (Å²) >= 11 is 0. The van der Waals surface area contributed by atoms with Gasteiger partial charge in [-0.3, -0.25) is 4.79 Å². The van der Waals surface area contributed by atoms with Gasteiger partial charge in [-0.2, -0.15) is 0 Å². The van der Waals surface area contributed by atoms with Crippen LogP contribution in [0.5, 0.6) is 23.0 Å². The quantitative estimate of drug-likeness (QED) is 0.563. The Hall–Kier alpha value is -3.47. The maximum Gasteiger partial charge on any atom is 0.430 e. The van der Waals surface area contributed by atoms with Crippen molar-refractivity contribution >= 4 is 17.3 Å². The summed E-state index contributed by atoms with van der Waals surface area (Å²) in [5.74, 6) is 1.29. The third-order valence-corrected chi connectivity index (χ3v) is 3.82. The molecule has 0 saturated heterocycles. The van der Waals surface area contributed by atoms with Crippen LogP contribution in [0.15, 0.2) is 30.3 Å². The fourth-order valence-corrected chi connectivity index (χ4v) is 2.69. The highest BCUT2D eigenvalue weighted by Crippen LogP contribution is 2.39. The van der Waals surface area contributed by atoms with Crippen LogP contribution in [-0.4, -0.2) is 32.3 Å². The van der Waals surface area contributed by atoms with Crippen LogP contribution in [0.4, 0.5) is 11.4 Å². The highest BCUT2D eigenvalue weighted by Gasteiger charge is 2.23. The van der Waals surface area contributed by atoms with Crippen LogP contribution in [-0.2, 0) is 0 Å². The van der Waals surface area contributed by atoms with Crippen molar-refractivity contribution in [3.05, 3.63) is 40.9 Å². The molecule has 2 rings (SSSR count). The lowest BCUT2D eigenvalue weighted by Crippen LogP contribution is -2.15. The number of carbonyl (C=O) groups excluding carboxylic acids is 1. The lowest BCUT2D eigenvalue weighted by molar-refractivity contribution is 0.102. The molecule has 1 N–H and O–H groups in total. The van der Waals surface area contributed by atoms with Crippen LogP contribution in [0.2, 0.25) is 0 Å². The van der Waals surface area contributed by atoms with Crippen molar-refractivity contribution in [3.63, 3.8) is 0 Å². The molecule has 1 amide bonds. The Bertz CT molecular complexity index is 893. The minimum atomic E-state index is -0.396. The third kappa shape index (κ3) is 5.51. The van der Waals surface area contributed by atoms with Gasteiger partial charge in [-0.15, -0.1) is 0 Å². The molecule has 0 aromatic heterocycles. The van der Waals surface area contributed by atoms with Crippen molar-refractivity contribution < 1.29 is 23.7 Å². The first-order valence-corrected chi connectivity index (χ1v) is 9.57. The largest absolute Gasteiger partial charge is 0.494 e. The molecule has 2 aromatic rings. The number of nitrogens with one attached hydrogen (secondary N) is 1. The minimum Gasteiger partial charge on any atom is -0.494 e. The summed E-state index contributed by atoms with van der Waals surface area (Å²) in [6.07, 6.45) is 0. The topological polar surface area (TPSA) is 94.2 Å². The monoisotopic (exact) mass is 400 g/mol. The molecule has 29 heavy (non-hydrogen) atoms. The minimum absolute atomic E-state index is 0.210. The molecule has 0 spiro atoms. The van der Waals surface area contributed by atoms with Crippen molar-refractivity contribution in [2.75, 3.05) is 31.7 Å². The molecule has 0 bridgehead atoms. The van der Waals surface area contributed by atoms with Gasteiger partial charge >= 0.3 is 5.69 Å². The lowest BCUT2D eigenvalue weighted by atomic mass is 10.1. The van der Waals surface area contributed by atoms with E-state index in [4.69, 9.17) is 18.9 Å². The van der Waals surface area contributed by atoms with E-state index in [0.29, 0.717) is 60.7 Å². The molecular formula is C21H26N3O5+. The van der Waals surface area contributed by atoms with E-state index in [0.717, 1.165) is 0 Å². The zero-order valence-corrected chi connectivity index (χ0v) is 17.2. The Labute approximate surface area is 170 Å². The molecule has 0 unspecified atom stereocenters. The Morgan fingerprint density at radius 3 is 2.10 bits per heavy atom. The lowest BCUT2D eigenvalue weighted by Gasteiger charge is -2.15. The molecule has 0 radical (unpaired) electrons. The SMILES string of the molecule is CCOc1ccc(OCC)c(C(=O)Nc2cc(OCC)c([N+]#N)cc2OCC)c1. The zero-order valence-electron chi connectivity index (χ0n) is 17.2. The predicted octanol–water partition coefficient (Wildman–Crippen LogP) is 5.02. The standard InChI is InChI=1S/C21H25N3O5/c1-5-26-14-9-10-18(27-6-2)15(11-14)21(25)23-16-12-20(29-8-4)17(24-22)13-19(16)28-7-3/h9-13H,5-8H2,1-4H3/p+1. The van der Waals surface area contributed by atoms with Crippen LogP contribution in [0, 0.1) is 5.39 Å². The number of anilines is 1. The van der Waals surface area contributed by atoms with Crippen LogP contribution in [0.3, 0.4) is 0 Å². The molecular weight excluding hydrogens is 374 g/mol. The first-order chi connectivity index (χ1) is 14.1. The van der Waals surface area contributed by atoms with Crippen molar-refractivity contribution in [1.82, 2.24) is 0 Å². The second-order valence-corrected chi connectivity index (χ2v) is 5.76. The van der Waals surface area contributed by atoms with Gasteiger partial charge in [0.2, 0.25) is 11.1 Å². The maximum atomic E-state index is 13.0. The Morgan fingerprint density at radius 1 is 0.862 bits per heavy atom. The van der Waals surface area contributed by atoms with E-state index in [1.165, 1.54) is 6.07 Å². The Balaban J connectivity index is 2.44. The van der Waals surface area contributed by atoms with E-state index in [1.54, 1.807) is 24.3 Å². The fraction of sp³-hybridized carbons (Fsp3) is 0.381. The summed E-state index contributed by atoms with van der Waals surface area (Å²) in [5.41, 5.74) is 0.924. The van der Waals surface area contributed by atoms with Crippen molar-refractivity contribution in [3.8, 4) is 23.0 Å². The molecule has 0 aliphatic rings. The fourth-order valence-electron chi connectivity index (χ4n) is 2.69. The number of amides is 1. The molecule has 0 saturated carbocycles. The number of hydrogen-bond acceptors (Lipinski definition) is 6. The van der Waals surface area contributed by atoms with E-state index in [9.17, 15) is 10.2 Å². The molecule has 8 heteroatoms. The number of rotatable bonds is 10. The Kier molecular flexibility index (Phi) is 8.10. The number of hydrogen-bond donors (Lipinski definition) is 1. The molecule has 154 valence electrons. The van der Waals surface area contributed by atoms with Gasteiger partial charge in [-0.05, 0) is 45.9 Å². The highest BCUT2D eigenvalue weighted by molar-refractivity contribution is 6.07. The summed E-state index contributed by atoms with van der Waals surface area (Å²) in [7, 11) is 0. The van der Waals surface area contributed by atoms with Gasteiger partial charge in [0.15, 0.2) is 10.7 Å². The summed E-state index contributed by atoms with van der Waals surface area (Å²) < 4.78 is 22.2. The molecule has 8 nitrogen and oxygen atoms in total. The van der Waals surface area contributed by atoms with E-state index in [2.05, 4.69) is 10.3 Å². The first kappa shape index (κ1) is 21.8. The summed E-state index contributed by atoms with van der Waals surface area (Å²) in [4.78, 5) is 16.3. The number of ether oxygens (including phenoxy) is 4. The van der Waals surface area contributed by atoms with Crippen LogP contribution >= 0.6 is 0 Å². The number of diazo groups is 1. The average Bonchev–Trinajstić information content (AvgIpc) is 2.71. The van der Waals surface area contributed by atoms with Gasteiger partial charge in [0.25, 0.3) is 5.91 Å². The molecule has 0 atom stereocenters. The van der Waals surface area contributed by atoms with Crippen molar-refractivity contribution in [2.24, 2.45) is 0 Å². The number of benzene rings is 2. The normalized spacial score (nSPS) is 10.0. The van der Waals surface area contributed by atoms with E-state index < -0.39 is 5.91 Å². The average molecular weight is 400 g/mol. The van der Waals surface area contributed by atoms with Gasteiger partial charge < -0.3 is 24.3 Å². The number of carbonyl (C=O) groups is 1. The van der Waals surface area contributed by atoms with Crippen molar-refractivity contribution in [2.45, 2.75) is 27.7 Å². The van der Waals surface area contributed by atoms with Gasteiger partial charge in [-0.25, -0.2) is 0 Å². The number of nitrogens with zero attached hydrogens (tertiary/aromatic N) is 2. The smallest absolute Gasteiger partial charge is 0.430 e. The van der Waals surface area contributed by atoms with Gasteiger partial charge in [0.1, 0.15) is 11.5 Å².